The summed E-state index contributed by atoms with van der Waals surface area (Å²) in [5.74, 6) is 1.30. The standard InChI is InChI=1S/C22H25N3O4S2/c1-27-18-6-5-16(14-19(18)28-2)17-15-31-22(23-17)25(21(26)20-4-3-13-30-20)8-7-24-9-11-29-12-10-24/h3-6,13-15H,7-12H2,1-2H3. The summed E-state index contributed by atoms with van der Waals surface area (Å²) in [5.41, 5.74) is 1.72. The Morgan fingerprint density at radius 1 is 1.16 bits per heavy atom. The first kappa shape index (κ1) is 21.8. The molecule has 31 heavy (non-hydrogen) atoms. The molecule has 1 aliphatic rings. The molecule has 0 aliphatic carbocycles. The fraction of sp³-hybridized carbons (Fsp3) is 0.364. The zero-order valence-electron chi connectivity index (χ0n) is 17.6. The fourth-order valence-corrected chi connectivity index (χ4v) is 4.93. The summed E-state index contributed by atoms with van der Waals surface area (Å²) in [6.45, 7) is 4.60. The molecule has 0 N–H and O–H groups in total. The molecule has 2 aromatic heterocycles. The van der Waals surface area contributed by atoms with Gasteiger partial charge in [0.05, 0.1) is 38.0 Å². The van der Waals surface area contributed by atoms with E-state index in [-0.39, 0.29) is 5.91 Å². The molecule has 3 aromatic rings. The van der Waals surface area contributed by atoms with Crippen molar-refractivity contribution < 1.29 is 19.0 Å². The van der Waals surface area contributed by atoms with Gasteiger partial charge in [-0.05, 0) is 29.6 Å². The van der Waals surface area contributed by atoms with E-state index in [2.05, 4.69) is 4.90 Å². The molecule has 1 amide bonds. The van der Waals surface area contributed by atoms with Crippen LogP contribution in [0.1, 0.15) is 9.67 Å². The lowest BCUT2D eigenvalue weighted by Crippen LogP contribution is -2.43. The first-order valence-corrected chi connectivity index (χ1v) is 11.8. The van der Waals surface area contributed by atoms with Crippen molar-refractivity contribution in [3.8, 4) is 22.8 Å². The third-order valence-corrected chi connectivity index (χ3v) is 6.84. The SMILES string of the molecule is COc1ccc(-c2csc(N(CCN3CCOCC3)C(=O)c3cccs3)n2)cc1OC. The van der Waals surface area contributed by atoms with Crippen molar-refractivity contribution in [2.24, 2.45) is 0 Å². The van der Waals surface area contributed by atoms with E-state index in [4.69, 9.17) is 19.2 Å². The van der Waals surface area contributed by atoms with Gasteiger partial charge in [0.15, 0.2) is 16.6 Å². The van der Waals surface area contributed by atoms with E-state index in [9.17, 15) is 4.79 Å². The van der Waals surface area contributed by atoms with E-state index in [0.717, 1.165) is 44.1 Å². The highest BCUT2D eigenvalue weighted by molar-refractivity contribution is 7.14. The highest BCUT2D eigenvalue weighted by Gasteiger charge is 2.23. The molecule has 0 atom stereocenters. The average molecular weight is 460 g/mol. The first-order chi connectivity index (χ1) is 15.2. The van der Waals surface area contributed by atoms with Crippen molar-refractivity contribution in [3.63, 3.8) is 0 Å². The van der Waals surface area contributed by atoms with Gasteiger partial charge in [-0.25, -0.2) is 4.98 Å². The quantitative estimate of drug-likeness (QED) is 0.510. The van der Waals surface area contributed by atoms with Gasteiger partial charge in [-0.2, -0.15) is 0 Å². The molecule has 1 fully saturated rings. The number of amides is 1. The van der Waals surface area contributed by atoms with Crippen molar-refractivity contribution in [3.05, 3.63) is 46.0 Å². The number of morpholine rings is 1. The lowest BCUT2D eigenvalue weighted by Gasteiger charge is -2.29. The summed E-state index contributed by atoms with van der Waals surface area (Å²) in [6, 6.07) is 9.46. The van der Waals surface area contributed by atoms with Crippen LogP contribution in [0.15, 0.2) is 41.1 Å². The Balaban J connectivity index is 1.58. The number of carbonyl (C=O) groups is 1. The molecule has 4 rings (SSSR count). The minimum atomic E-state index is -0.0172. The number of hydrogen-bond acceptors (Lipinski definition) is 8. The summed E-state index contributed by atoms with van der Waals surface area (Å²) >= 11 is 2.92. The second-order valence-electron chi connectivity index (χ2n) is 6.97. The predicted octanol–water partition coefficient (Wildman–Crippen LogP) is 3.87. The maximum atomic E-state index is 13.2. The van der Waals surface area contributed by atoms with Crippen LogP contribution in [0.25, 0.3) is 11.3 Å². The fourth-order valence-electron chi connectivity index (χ4n) is 3.40. The van der Waals surface area contributed by atoms with Gasteiger partial charge in [-0.3, -0.25) is 14.6 Å². The molecule has 7 nitrogen and oxygen atoms in total. The number of hydrogen-bond donors (Lipinski definition) is 0. The van der Waals surface area contributed by atoms with Crippen LogP contribution in [-0.2, 0) is 4.74 Å². The Morgan fingerprint density at radius 2 is 1.97 bits per heavy atom. The molecule has 0 unspecified atom stereocenters. The Hall–Kier alpha value is -2.46. The monoisotopic (exact) mass is 459 g/mol. The number of aromatic nitrogens is 1. The molecular formula is C22H25N3O4S2. The minimum absolute atomic E-state index is 0.0172. The molecule has 0 spiro atoms. The largest absolute Gasteiger partial charge is 0.493 e. The van der Waals surface area contributed by atoms with Crippen LogP contribution in [0.5, 0.6) is 11.5 Å². The van der Waals surface area contributed by atoms with Crippen molar-refractivity contribution in [1.29, 1.82) is 0 Å². The molecule has 9 heteroatoms. The van der Waals surface area contributed by atoms with Gasteiger partial charge in [0, 0.05) is 37.1 Å². The van der Waals surface area contributed by atoms with Gasteiger partial charge in [-0.15, -0.1) is 22.7 Å². The van der Waals surface area contributed by atoms with Crippen LogP contribution in [0.2, 0.25) is 0 Å². The molecule has 3 heterocycles. The van der Waals surface area contributed by atoms with Gasteiger partial charge in [0.2, 0.25) is 0 Å². The summed E-state index contributed by atoms with van der Waals surface area (Å²) in [4.78, 5) is 22.8. The van der Waals surface area contributed by atoms with Crippen molar-refractivity contribution in [1.82, 2.24) is 9.88 Å². The Bertz CT molecular complexity index is 1000. The van der Waals surface area contributed by atoms with Crippen LogP contribution in [-0.4, -0.2) is 69.4 Å². The van der Waals surface area contributed by atoms with Crippen molar-refractivity contribution >= 4 is 33.7 Å². The molecule has 164 valence electrons. The predicted molar refractivity (Wildman–Crippen MR) is 124 cm³/mol. The van der Waals surface area contributed by atoms with Crippen LogP contribution in [0.4, 0.5) is 5.13 Å². The van der Waals surface area contributed by atoms with E-state index in [0.29, 0.717) is 28.1 Å². The van der Waals surface area contributed by atoms with Crippen molar-refractivity contribution in [2.45, 2.75) is 0 Å². The van der Waals surface area contributed by atoms with E-state index < -0.39 is 0 Å². The van der Waals surface area contributed by atoms with Crippen LogP contribution < -0.4 is 14.4 Å². The van der Waals surface area contributed by atoms with Gasteiger partial charge in [-0.1, -0.05) is 6.07 Å². The summed E-state index contributed by atoms with van der Waals surface area (Å²) in [5, 5.41) is 4.58. The van der Waals surface area contributed by atoms with Gasteiger partial charge in [0.25, 0.3) is 5.91 Å². The average Bonchev–Trinajstić information content (AvgIpc) is 3.52. The molecule has 0 saturated carbocycles. The van der Waals surface area contributed by atoms with E-state index in [1.807, 2.05) is 41.1 Å². The lowest BCUT2D eigenvalue weighted by atomic mass is 10.1. The highest BCUT2D eigenvalue weighted by Crippen LogP contribution is 2.34. The van der Waals surface area contributed by atoms with E-state index in [1.165, 1.54) is 22.7 Å². The van der Waals surface area contributed by atoms with Crippen LogP contribution in [0, 0.1) is 0 Å². The number of thiazole rings is 1. The second-order valence-corrected chi connectivity index (χ2v) is 8.76. The number of thiophene rings is 1. The highest BCUT2D eigenvalue weighted by atomic mass is 32.1. The maximum absolute atomic E-state index is 13.2. The number of anilines is 1. The van der Waals surface area contributed by atoms with Crippen LogP contribution >= 0.6 is 22.7 Å². The molecule has 1 aliphatic heterocycles. The molecule has 1 aromatic carbocycles. The third-order valence-electron chi connectivity index (χ3n) is 5.12. The summed E-state index contributed by atoms with van der Waals surface area (Å²) in [7, 11) is 3.22. The zero-order valence-corrected chi connectivity index (χ0v) is 19.2. The van der Waals surface area contributed by atoms with Gasteiger partial charge < -0.3 is 14.2 Å². The second kappa shape index (κ2) is 10.2. The summed E-state index contributed by atoms with van der Waals surface area (Å²) < 4.78 is 16.2. The third kappa shape index (κ3) is 5.07. The zero-order chi connectivity index (χ0) is 21.6. The molecule has 0 bridgehead atoms. The maximum Gasteiger partial charge on any atom is 0.270 e. The molecule has 0 radical (unpaired) electrons. The minimum Gasteiger partial charge on any atom is -0.493 e. The number of methoxy groups -OCH3 is 2. The molecule has 1 saturated heterocycles. The Kier molecular flexibility index (Phi) is 7.18. The van der Waals surface area contributed by atoms with E-state index in [1.54, 1.807) is 19.1 Å². The number of ether oxygens (including phenoxy) is 3. The number of rotatable bonds is 8. The first-order valence-electron chi connectivity index (χ1n) is 10.0. The number of benzene rings is 1. The summed E-state index contributed by atoms with van der Waals surface area (Å²) in [6.07, 6.45) is 0. The van der Waals surface area contributed by atoms with Gasteiger partial charge >= 0.3 is 0 Å². The Morgan fingerprint density at radius 3 is 2.68 bits per heavy atom. The number of nitrogens with zero attached hydrogens (tertiary/aromatic N) is 3. The Labute approximate surface area is 189 Å². The van der Waals surface area contributed by atoms with Gasteiger partial charge in [0.1, 0.15) is 0 Å². The number of carbonyl (C=O) groups excluding carboxylic acids is 1. The smallest absolute Gasteiger partial charge is 0.270 e. The van der Waals surface area contributed by atoms with E-state index >= 15 is 0 Å². The van der Waals surface area contributed by atoms with Crippen LogP contribution in [0.3, 0.4) is 0 Å². The topological polar surface area (TPSA) is 64.1 Å². The molecular weight excluding hydrogens is 434 g/mol. The normalized spacial score (nSPS) is 14.4. The van der Waals surface area contributed by atoms with Crippen molar-refractivity contribution in [2.75, 3.05) is 58.5 Å². The lowest BCUT2D eigenvalue weighted by molar-refractivity contribution is 0.0391.